The number of nitrogen functional groups attached to an aromatic ring is 2. The molecular weight excluding hydrogens is 374 g/mol. The SMILES string of the molecule is CCOc1cc(-c2ccc(CC(=O)O)cc2)ccc1-c1nc(NN)c(N)c(=O)[nH]1. The van der Waals surface area contributed by atoms with Gasteiger partial charge >= 0.3 is 5.97 Å². The Balaban J connectivity index is 2.03. The maximum atomic E-state index is 12.1. The fourth-order valence-corrected chi connectivity index (χ4v) is 2.88. The van der Waals surface area contributed by atoms with E-state index in [9.17, 15) is 9.59 Å². The molecule has 0 fully saturated rings. The van der Waals surface area contributed by atoms with E-state index >= 15 is 0 Å². The number of nitrogens with zero attached hydrogens (tertiary/aromatic N) is 1. The predicted molar refractivity (Wildman–Crippen MR) is 110 cm³/mol. The molecule has 0 radical (unpaired) electrons. The van der Waals surface area contributed by atoms with Crippen LogP contribution in [0.4, 0.5) is 11.5 Å². The van der Waals surface area contributed by atoms with Crippen LogP contribution in [-0.2, 0) is 11.2 Å². The maximum Gasteiger partial charge on any atom is 0.307 e. The zero-order valence-electron chi connectivity index (χ0n) is 15.7. The highest BCUT2D eigenvalue weighted by atomic mass is 16.5. The third kappa shape index (κ3) is 4.36. The van der Waals surface area contributed by atoms with Crippen LogP contribution < -0.4 is 27.3 Å². The monoisotopic (exact) mass is 395 g/mol. The molecule has 0 saturated carbocycles. The van der Waals surface area contributed by atoms with Crippen LogP contribution in [0.1, 0.15) is 12.5 Å². The summed E-state index contributed by atoms with van der Waals surface area (Å²) in [5, 5.41) is 8.89. The molecule has 0 amide bonds. The van der Waals surface area contributed by atoms with Gasteiger partial charge in [0.1, 0.15) is 17.3 Å². The normalized spacial score (nSPS) is 10.6. The van der Waals surface area contributed by atoms with Crippen LogP contribution in [0, 0.1) is 0 Å². The van der Waals surface area contributed by atoms with Crippen LogP contribution in [0.25, 0.3) is 22.5 Å². The van der Waals surface area contributed by atoms with Crippen molar-refractivity contribution >= 4 is 17.5 Å². The summed E-state index contributed by atoms with van der Waals surface area (Å²) in [6.07, 6.45) is -0.0307. The molecule has 0 aliphatic rings. The number of hydrogen-bond acceptors (Lipinski definition) is 7. The van der Waals surface area contributed by atoms with Crippen molar-refractivity contribution in [1.29, 1.82) is 0 Å². The molecule has 29 heavy (non-hydrogen) atoms. The molecule has 0 aliphatic carbocycles. The third-order valence-corrected chi connectivity index (χ3v) is 4.27. The van der Waals surface area contributed by atoms with Crippen molar-refractivity contribution in [3.63, 3.8) is 0 Å². The van der Waals surface area contributed by atoms with E-state index in [4.69, 9.17) is 21.4 Å². The first-order valence-electron chi connectivity index (χ1n) is 8.87. The molecule has 3 rings (SSSR count). The van der Waals surface area contributed by atoms with Crippen molar-refractivity contribution in [2.75, 3.05) is 17.8 Å². The van der Waals surface area contributed by atoms with Crippen LogP contribution in [-0.4, -0.2) is 27.7 Å². The average Bonchev–Trinajstić information content (AvgIpc) is 2.70. The van der Waals surface area contributed by atoms with Gasteiger partial charge in [0.05, 0.1) is 18.6 Å². The Morgan fingerprint density at radius 1 is 1.21 bits per heavy atom. The van der Waals surface area contributed by atoms with Gasteiger partial charge in [0, 0.05) is 0 Å². The second-order valence-corrected chi connectivity index (χ2v) is 6.23. The van der Waals surface area contributed by atoms with E-state index in [0.29, 0.717) is 23.5 Å². The van der Waals surface area contributed by atoms with Crippen LogP contribution in [0.15, 0.2) is 47.3 Å². The molecule has 0 spiro atoms. The van der Waals surface area contributed by atoms with Crippen LogP contribution in [0.3, 0.4) is 0 Å². The number of nitrogens with two attached hydrogens (primary N) is 2. The number of carboxylic acid groups (broad SMARTS) is 1. The highest BCUT2D eigenvalue weighted by Gasteiger charge is 2.14. The number of rotatable bonds is 7. The predicted octanol–water partition coefficient (Wildman–Crippen LogP) is 2.00. The number of hydrogen-bond donors (Lipinski definition) is 5. The van der Waals surface area contributed by atoms with E-state index in [-0.39, 0.29) is 23.8 Å². The third-order valence-electron chi connectivity index (χ3n) is 4.27. The van der Waals surface area contributed by atoms with Gasteiger partial charge < -0.3 is 26.0 Å². The molecule has 7 N–H and O–H groups in total. The van der Waals surface area contributed by atoms with E-state index in [0.717, 1.165) is 11.1 Å². The van der Waals surface area contributed by atoms with Gasteiger partial charge in [-0.3, -0.25) is 9.59 Å². The Morgan fingerprint density at radius 3 is 2.52 bits per heavy atom. The maximum absolute atomic E-state index is 12.1. The lowest BCUT2D eigenvalue weighted by molar-refractivity contribution is -0.136. The number of aromatic amines is 1. The number of anilines is 2. The Bertz CT molecular complexity index is 1090. The largest absolute Gasteiger partial charge is 0.493 e. The summed E-state index contributed by atoms with van der Waals surface area (Å²) in [5.41, 5.74) is 10.4. The molecule has 2 aromatic carbocycles. The zero-order valence-corrected chi connectivity index (χ0v) is 15.7. The molecule has 1 heterocycles. The molecule has 3 aromatic rings. The minimum absolute atomic E-state index is 0.0307. The van der Waals surface area contributed by atoms with E-state index < -0.39 is 11.5 Å². The fourth-order valence-electron chi connectivity index (χ4n) is 2.88. The number of ether oxygens (including phenoxy) is 1. The second-order valence-electron chi connectivity index (χ2n) is 6.23. The van der Waals surface area contributed by atoms with Gasteiger partial charge in [-0.05, 0) is 35.7 Å². The highest BCUT2D eigenvalue weighted by molar-refractivity contribution is 5.75. The summed E-state index contributed by atoms with van der Waals surface area (Å²) in [6, 6.07) is 12.7. The molecule has 9 nitrogen and oxygen atoms in total. The van der Waals surface area contributed by atoms with Crippen molar-refractivity contribution in [2.45, 2.75) is 13.3 Å². The van der Waals surface area contributed by atoms with Gasteiger partial charge in [0.15, 0.2) is 5.82 Å². The van der Waals surface area contributed by atoms with Gasteiger partial charge in [-0.25, -0.2) is 10.8 Å². The number of aromatic nitrogens is 2. The van der Waals surface area contributed by atoms with Crippen LogP contribution in [0.5, 0.6) is 5.75 Å². The molecule has 1 aromatic heterocycles. The lowest BCUT2D eigenvalue weighted by atomic mass is 10.0. The second kappa shape index (κ2) is 8.44. The first-order chi connectivity index (χ1) is 13.9. The van der Waals surface area contributed by atoms with Gasteiger partial charge in [-0.15, -0.1) is 0 Å². The molecule has 0 unspecified atom stereocenters. The quantitative estimate of drug-likeness (QED) is 0.300. The Labute approximate surface area is 166 Å². The van der Waals surface area contributed by atoms with Crippen molar-refractivity contribution < 1.29 is 14.6 Å². The van der Waals surface area contributed by atoms with Crippen molar-refractivity contribution in [3.8, 4) is 28.3 Å². The van der Waals surface area contributed by atoms with Gasteiger partial charge in [0.2, 0.25) is 0 Å². The number of aliphatic carboxylic acids is 1. The van der Waals surface area contributed by atoms with Gasteiger partial charge in [-0.1, -0.05) is 30.3 Å². The number of nitrogens with one attached hydrogen (secondary N) is 2. The van der Waals surface area contributed by atoms with Gasteiger partial charge in [-0.2, -0.15) is 0 Å². The average molecular weight is 395 g/mol. The molecule has 9 heteroatoms. The summed E-state index contributed by atoms with van der Waals surface area (Å²) >= 11 is 0. The summed E-state index contributed by atoms with van der Waals surface area (Å²) < 4.78 is 5.75. The molecule has 150 valence electrons. The molecule has 0 aliphatic heterocycles. The summed E-state index contributed by atoms with van der Waals surface area (Å²) in [6.45, 7) is 2.26. The first-order valence-corrected chi connectivity index (χ1v) is 8.87. The molecule has 0 bridgehead atoms. The lowest BCUT2D eigenvalue weighted by Gasteiger charge is -2.13. The van der Waals surface area contributed by atoms with Crippen molar-refractivity contribution in [3.05, 3.63) is 58.4 Å². The Hall–Kier alpha value is -3.85. The fraction of sp³-hybridized carbons (Fsp3) is 0.150. The van der Waals surface area contributed by atoms with E-state index in [1.54, 1.807) is 18.2 Å². The van der Waals surface area contributed by atoms with Crippen LogP contribution >= 0.6 is 0 Å². The minimum atomic E-state index is -0.878. The summed E-state index contributed by atoms with van der Waals surface area (Å²) in [4.78, 5) is 29.8. The standard InChI is InChI=1S/C20H21N5O4/c1-2-29-15-10-13(12-5-3-11(4-6-12)9-16(26)27)7-8-14(15)18-23-19(25-22)17(21)20(28)24-18/h3-8,10H,2,9,21-22H2,1H3,(H,26,27)(H2,23,24,25,28). The molecule has 0 atom stereocenters. The number of hydrazine groups is 1. The number of carbonyl (C=O) groups is 1. The molecule has 0 saturated heterocycles. The first kappa shape index (κ1) is 19.9. The van der Waals surface area contributed by atoms with E-state index in [1.165, 1.54) is 0 Å². The zero-order chi connectivity index (χ0) is 21.0. The minimum Gasteiger partial charge on any atom is -0.493 e. The van der Waals surface area contributed by atoms with Gasteiger partial charge in [0.25, 0.3) is 5.56 Å². The van der Waals surface area contributed by atoms with Crippen LogP contribution in [0.2, 0.25) is 0 Å². The summed E-state index contributed by atoms with van der Waals surface area (Å²) in [7, 11) is 0. The summed E-state index contributed by atoms with van der Waals surface area (Å²) in [5.74, 6) is 5.38. The van der Waals surface area contributed by atoms with Crippen molar-refractivity contribution in [1.82, 2.24) is 9.97 Å². The highest BCUT2D eigenvalue weighted by Crippen LogP contribution is 2.33. The van der Waals surface area contributed by atoms with E-state index in [2.05, 4.69) is 15.4 Å². The lowest BCUT2D eigenvalue weighted by Crippen LogP contribution is -2.20. The number of benzene rings is 2. The van der Waals surface area contributed by atoms with E-state index in [1.807, 2.05) is 31.2 Å². The molecular formula is C20H21N5O4. The smallest absolute Gasteiger partial charge is 0.307 e. The Kier molecular flexibility index (Phi) is 5.79. The number of carboxylic acids is 1. The number of H-pyrrole nitrogens is 1. The topological polar surface area (TPSA) is 156 Å². The van der Waals surface area contributed by atoms with Crippen molar-refractivity contribution in [2.24, 2.45) is 5.84 Å². The Morgan fingerprint density at radius 2 is 1.90 bits per heavy atom.